The molecule has 22 aromatic rings. The number of hydrogen-bond donors (Lipinski definition) is 0. The van der Waals surface area contributed by atoms with Crippen molar-refractivity contribution in [2.24, 2.45) is 0 Å². The Morgan fingerprint density at radius 1 is 0.183 bits per heavy atom. The van der Waals surface area contributed by atoms with Crippen LogP contribution in [0.2, 0.25) is 0 Å². The highest BCUT2D eigenvalue weighted by molar-refractivity contribution is 6.19. The van der Waals surface area contributed by atoms with Crippen molar-refractivity contribution >= 4 is 87.0 Å². The second kappa shape index (κ2) is 28.7. The van der Waals surface area contributed by atoms with Crippen LogP contribution in [0.25, 0.3) is 212 Å². The van der Waals surface area contributed by atoms with Crippen LogP contribution in [0.3, 0.4) is 0 Å². The summed E-state index contributed by atoms with van der Waals surface area (Å²) in [5.74, 6) is 5.89. The molecule has 5 heterocycles. The zero-order valence-corrected chi connectivity index (χ0v) is 66.1. The lowest BCUT2D eigenvalue weighted by Gasteiger charge is -2.23. The van der Waals surface area contributed by atoms with E-state index in [1.807, 2.05) is 200 Å². The van der Waals surface area contributed by atoms with Crippen LogP contribution in [-0.4, -0.2) is 44.9 Å². The molecule has 120 heavy (non-hydrogen) atoms. The fraction of sp³-hybridized carbons (Fsp3) is 0.0550. The van der Waals surface area contributed by atoms with E-state index in [1.54, 1.807) is 0 Å². The lowest BCUT2D eigenvalue weighted by atomic mass is 9.80. The van der Waals surface area contributed by atoms with E-state index in [-0.39, 0.29) is 10.8 Å². The Bertz CT molecular complexity index is 7550. The van der Waals surface area contributed by atoms with Crippen molar-refractivity contribution in [2.45, 2.75) is 38.5 Å². The minimum absolute atomic E-state index is 0.0545. The Labute approximate surface area is 691 Å². The highest BCUT2D eigenvalue weighted by Crippen LogP contribution is 2.54. The molecule has 0 saturated carbocycles. The molecule has 17 aromatic carbocycles. The molecule has 0 atom stereocenters. The largest absolute Gasteiger partial charge is 0.455 e. The van der Waals surface area contributed by atoms with E-state index in [1.165, 1.54) is 60.7 Å². The zero-order valence-electron chi connectivity index (χ0n) is 66.1. The van der Waals surface area contributed by atoms with Crippen molar-refractivity contribution in [3.63, 3.8) is 0 Å². The number of aromatic nitrogens is 9. The SMILES string of the molecule is CC1(C)c2ccccc2-c2ccc3c(-c4nc(-c5ccccc5)nc(-c5ccccc5)n4)cccc3c21.CC1(C)c2ccccc2-c2ccc3cc(-c4nc(-c5ccccc5)nc(-c5ccccc5)n4)ccc3c21.c1ccc(-c2nc(-c3cccc4c3ccc3c5ccccc5oc43)nc(-c3cccc4c3ccc3c5ccccc5oc43)n2)cc1. The summed E-state index contributed by atoms with van der Waals surface area (Å²) in [6.07, 6.45) is 0. The van der Waals surface area contributed by atoms with Gasteiger partial charge in [-0.2, -0.15) is 0 Å². The molecule has 0 radical (unpaired) electrons. The molecule has 0 N–H and O–H groups in total. The van der Waals surface area contributed by atoms with Gasteiger partial charge >= 0.3 is 0 Å². The van der Waals surface area contributed by atoms with Crippen molar-refractivity contribution in [2.75, 3.05) is 0 Å². The normalized spacial score (nSPS) is 12.8. The minimum atomic E-state index is -0.0897. The Morgan fingerprint density at radius 2 is 0.458 bits per heavy atom. The Morgan fingerprint density at radius 3 is 0.875 bits per heavy atom. The van der Waals surface area contributed by atoms with Gasteiger partial charge in [0.2, 0.25) is 0 Å². The Kier molecular flexibility index (Phi) is 17.0. The highest BCUT2D eigenvalue weighted by atomic mass is 16.3. The number of furan rings is 2. The van der Waals surface area contributed by atoms with Gasteiger partial charge in [0.25, 0.3) is 0 Å². The fourth-order valence-corrected chi connectivity index (χ4v) is 18.3. The number of fused-ring (bicyclic) bond motifs is 20. The van der Waals surface area contributed by atoms with Gasteiger partial charge in [-0.1, -0.05) is 367 Å². The number of rotatable bonds is 9. The average Bonchev–Trinajstić information content (AvgIpc) is 1.51. The van der Waals surface area contributed by atoms with Gasteiger partial charge in [-0.15, -0.1) is 0 Å². The van der Waals surface area contributed by atoms with Crippen LogP contribution in [-0.2, 0) is 10.8 Å². The van der Waals surface area contributed by atoms with E-state index in [4.69, 9.17) is 53.7 Å². The summed E-state index contributed by atoms with van der Waals surface area (Å²) in [6, 6.07) is 128. The van der Waals surface area contributed by atoms with Crippen LogP contribution in [0.4, 0.5) is 0 Å². The lowest BCUT2D eigenvalue weighted by Crippen LogP contribution is -2.15. The molecule has 2 aliphatic carbocycles. The first kappa shape index (κ1) is 71.0. The van der Waals surface area contributed by atoms with Gasteiger partial charge in [0.1, 0.15) is 22.3 Å². The zero-order chi connectivity index (χ0) is 80.2. The fourth-order valence-electron chi connectivity index (χ4n) is 18.3. The second-order valence-corrected chi connectivity index (χ2v) is 31.8. The van der Waals surface area contributed by atoms with Crippen LogP contribution in [0.15, 0.2) is 379 Å². The topological polar surface area (TPSA) is 142 Å². The molecule has 0 spiro atoms. The van der Waals surface area contributed by atoms with E-state index < -0.39 is 0 Å². The van der Waals surface area contributed by atoms with Crippen molar-refractivity contribution in [3.05, 3.63) is 392 Å². The van der Waals surface area contributed by atoms with E-state index >= 15 is 0 Å². The van der Waals surface area contributed by atoms with Gasteiger partial charge in [-0.3, -0.25) is 0 Å². The molecule has 11 nitrogen and oxygen atoms in total. The van der Waals surface area contributed by atoms with Crippen LogP contribution in [0.1, 0.15) is 49.9 Å². The van der Waals surface area contributed by atoms with Crippen LogP contribution < -0.4 is 0 Å². The first-order valence-corrected chi connectivity index (χ1v) is 40.6. The molecule has 0 bridgehead atoms. The van der Waals surface area contributed by atoms with Crippen molar-refractivity contribution in [1.82, 2.24) is 44.9 Å². The highest BCUT2D eigenvalue weighted by Gasteiger charge is 2.39. The quantitative estimate of drug-likeness (QED) is 0.136. The Balaban J connectivity index is 0.000000109. The van der Waals surface area contributed by atoms with Crippen molar-refractivity contribution in [1.29, 1.82) is 0 Å². The van der Waals surface area contributed by atoms with Crippen LogP contribution in [0.5, 0.6) is 0 Å². The third-order valence-corrected chi connectivity index (χ3v) is 24.0. The minimum Gasteiger partial charge on any atom is -0.455 e. The summed E-state index contributed by atoms with van der Waals surface area (Å²) in [5, 5.41) is 13.4. The predicted molar refractivity (Wildman–Crippen MR) is 488 cm³/mol. The summed E-state index contributed by atoms with van der Waals surface area (Å²) in [7, 11) is 0. The second-order valence-electron chi connectivity index (χ2n) is 31.8. The molecule has 566 valence electrons. The number of hydrogen-bond acceptors (Lipinski definition) is 11. The molecule has 0 saturated heterocycles. The maximum absolute atomic E-state index is 6.39. The maximum Gasteiger partial charge on any atom is 0.164 e. The van der Waals surface area contributed by atoms with Crippen LogP contribution in [0, 0.1) is 0 Å². The third kappa shape index (κ3) is 12.1. The van der Waals surface area contributed by atoms with Gasteiger partial charge in [0.15, 0.2) is 52.4 Å². The Hall–Kier alpha value is -15.6. The number of benzene rings is 17. The van der Waals surface area contributed by atoms with Crippen molar-refractivity contribution < 1.29 is 8.83 Å². The molecule has 11 heteroatoms. The molecule has 0 aliphatic heterocycles. The number of para-hydroxylation sites is 2. The monoisotopic (exact) mass is 1540 g/mol. The van der Waals surface area contributed by atoms with E-state index in [0.29, 0.717) is 52.4 Å². The predicted octanol–water partition coefficient (Wildman–Crippen LogP) is 27.6. The van der Waals surface area contributed by atoms with E-state index in [2.05, 4.69) is 198 Å². The summed E-state index contributed by atoms with van der Waals surface area (Å²) < 4.78 is 12.8. The summed E-state index contributed by atoms with van der Waals surface area (Å²) in [6.45, 7) is 9.31. The molecule has 24 rings (SSSR count). The third-order valence-electron chi connectivity index (χ3n) is 24.0. The summed E-state index contributed by atoms with van der Waals surface area (Å²) in [4.78, 5) is 44.8. The smallest absolute Gasteiger partial charge is 0.164 e. The van der Waals surface area contributed by atoms with Crippen LogP contribution >= 0.6 is 0 Å². The summed E-state index contributed by atoms with van der Waals surface area (Å²) >= 11 is 0. The van der Waals surface area contributed by atoms with Gasteiger partial charge in [-0.05, 0) is 107 Å². The standard InChI is InChI=1S/C41H23N3O2.2C34H25N3/c1-2-10-24(11-3-1)39-42-40(33-16-8-14-29-25(33)20-22-31-27-12-4-6-18-35(27)45-37(29)31)44-41(43-39)34-17-9-15-30-26(34)21-23-32-28-13-5-7-19-36(28)46-38(30)32;1-34(2)29-19-10-9-16-25(29)27-21-20-24-26(30(27)34)17-11-18-28(24)33-36-31(22-12-5-3-6-13-22)35-32(37-33)23-14-7-4-8-15-23;1-34(2)29-16-10-9-15-27(29)28-20-17-24-21-25(18-19-26(24)30(28)34)33-36-31(22-11-5-3-6-12-22)35-32(37-33)23-13-7-4-8-14-23/h1-23H;2*3-21H,1-2H3. The first-order valence-electron chi connectivity index (χ1n) is 40.6. The number of nitrogens with zero attached hydrogens (tertiary/aromatic N) is 9. The molecule has 0 unspecified atom stereocenters. The average molecular weight is 1540 g/mol. The van der Waals surface area contributed by atoms with Gasteiger partial charge in [-0.25, -0.2) is 44.9 Å². The lowest BCUT2D eigenvalue weighted by molar-refractivity contribution is 0.666. The molecular weight excluding hydrogens is 1470 g/mol. The van der Waals surface area contributed by atoms with Crippen molar-refractivity contribution in [3.8, 4) is 125 Å². The van der Waals surface area contributed by atoms with Gasteiger partial charge in [0, 0.05) is 93.2 Å². The van der Waals surface area contributed by atoms with E-state index in [0.717, 1.165) is 121 Å². The molecule has 5 aromatic heterocycles. The molecule has 0 amide bonds. The molecule has 0 fully saturated rings. The summed E-state index contributed by atoms with van der Waals surface area (Å²) in [5.41, 5.74) is 22.8. The van der Waals surface area contributed by atoms with E-state index in [9.17, 15) is 0 Å². The molecular formula is C109H73N9O2. The van der Waals surface area contributed by atoms with Gasteiger partial charge < -0.3 is 8.83 Å². The van der Waals surface area contributed by atoms with Gasteiger partial charge in [0.05, 0.1) is 0 Å². The maximum atomic E-state index is 6.39. The first-order chi connectivity index (χ1) is 59.0. The molecule has 2 aliphatic rings.